The highest BCUT2D eigenvalue weighted by Gasteiger charge is 2.17. The molecule has 1 N–H and O–H groups in total. The Morgan fingerprint density at radius 3 is 2.60 bits per heavy atom. The van der Waals surface area contributed by atoms with E-state index in [0.717, 1.165) is 36.8 Å². The van der Waals surface area contributed by atoms with Crippen LogP contribution < -0.4 is 10.9 Å². The maximum atomic E-state index is 13.3. The Hall–Kier alpha value is -3.74. The molecule has 2 heterocycles. The maximum absolute atomic E-state index is 13.3. The normalized spacial score (nSPS) is 13.8. The maximum Gasteiger partial charge on any atom is 0.262 e. The standard InChI is InChI=1S/C28H31N5O2/c34-26(29-19-17-21-9-3-1-4-10-21)16-15-25-30-31-28-32(20-18-22-11-5-2-6-12-22)27(35)23-13-7-8-14-24(23)33(25)28/h2,5-9,11-14H,1,3-4,10,15-20H2,(H,29,34). The number of aromatic nitrogens is 4. The number of rotatable bonds is 9. The molecule has 1 aliphatic carbocycles. The molecule has 0 saturated carbocycles. The number of carbonyl (C=O) groups excluding carboxylic acids is 1. The van der Waals surface area contributed by atoms with Crippen molar-refractivity contribution in [1.82, 2.24) is 24.5 Å². The number of benzene rings is 2. The first-order valence-electron chi connectivity index (χ1n) is 12.5. The van der Waals surface area contributed by atoms with E-state index in [9.17, 15) is 9.59 Å². The first-order valence-corrected chi connectivity index (χ1v) is 12.5. The summed E-state index contributed by atoms with van der Waals surface area (Å²) in [6, 6.07) is 17.6. The zero-order valence-corrected chi connectivity index (χ0v) is 19.9. The van der Waals surface area contributed by atoms with Crippen LogP contribution in [0.2, 0.25) is 0 Å². The van der Waals surface area contributed by atoms with E-state index < -0.39 is 0 Å². The lowest BCUT2D eigenvalue weighted by molar-refractivity contribution is -0.121. The Bertz CT molecular complexity index is 1420. The Balaban J connectivity index is 1.34. The predicted molar refractivity (Wildman–Crippen MR) is 137 cm³/mol. The fourth-order valence-corrected chi connectivity index (χ4v) is 4.87. The van der Waals surface area contributed by atoms with E-state index in [0.29, 0.717) is 42.9 Å². The molecule has 2 aromatic carbocycles. The molecule has 4 aromatic rings. The van der Waals surface area contributed by atoms with Crippen molar-refractivity contribution in [2.24, 2.45) is 0 Å². The third kappa shape index (κ3) is 5.19. The minimum atomic E-state index is -0.0715. The quantitative estimate of drug-likeness (QED) is 0.372. The SMILES string of the molecule is O=C(CCc1nnc2n(CCc3ccccc3)c(=O)c3ccccc3n12)NCCC1=CCCCC1. The first-order chi connectivity index (χ1) is 17.2. The molecule has 0 radical (unpaired) electrons. The average Bonchev–Trinajstić information content (AvgIpc) is 3.33. The van der Waals surface area contributed by atoms with Gasteiger partial charge in [-0.05, 0) is 56.2 Å². The van der Waals surface area contributed by atoms with Crippen molar-refractivity contribution in [2.75, 3.05) is 6.54 Å². The minimum absolute atomic E-state index is 0.0138. The van der Waals surface area contributed by atoms with Gasteiger partial charge in [-0.25, -0.2) is 0 Å². The Morgan fingerprint density at radius 1 is 0.943 bits per heavy atom. The summed E-state index contributed by atoms with van der Waals surface area (Å²) in [5.74, 6) is 1.22. The third-order valence-electron chi connectivity index (χ3n) is 6.77. The summed E-state index contributed by atoms with van der Waals surface area (Å²) in [5, 5.41) is 12.4. The number of para-hydroxylation sites is 1. The molecule has 1 amide bonds. The topological polar surface area (TPSA) is 81.3 Å². The molecular formula is C28H31N5O2. The third-order valence-corrected chi connectivity index (χ3v) is 6.77. The average molecular weight is 470 g/mol. The van der Waals surface area contributed by atoms with E-state index in [1.165, 1.54) is 18.4 Å². The molecule has 7 nitrogen and oxygen atoms in total. The highest BCUT2D eigenvalue weighted by atomic mass is 16.1. The number of nitrogens with zero attached hydrogens (tertiary/aromatic N) is 4. The molecule has 0 unspecified atom stereocenters. The van der Waals surface area contributed by atoms with Crippen LogP contribution in [0.1, 0.15) is 49.9 Å². The fraction of sp³-hybridized carbons (Fsp3) is 0.357. The van der Waals surface area contributed by atoms with Gasteiger partial charge >= 0.3 is 0 Å². The molecule has 35 heavy (non-hydrogen) atoms. The van der Waals surface area contributed by atoms with Crippen molar-refractivity contribution in [1.29, 1.82) is 0 Å². The van der Waals surface area contributed by atoms with Gasteiger partial charge in [-0.3, -0.25) is 18.6 Å². The lowest BCUT2D eigenvalue weighted by Gasteiger charge is -2.13. The Labute approximate surface area is 204 Å². The molecular weight excluding hydrogens is 438 g/mol. The second-order valence-electron chi connectivity index (χ2n) is 9.17. The van der Waals surface area contributed by atoms with Gasteiger partial charge in [-0.1, -0.05) is 54.1 Å². The van der Waals surface area contributed by atoms with Gasteiger partial charge in [0.15, 0.2) is 0 Å². The minimum Gasteiger partial charge on any atom is -0.356 e. The predicted octanol–water partition coefficient (Wildman–Crippen LogP) is 4.23. The summed E-state index contributed by atoms with van der Waals surface area (Å²) in [4.78, 5) is 25.8. The lowest BCUT2D eigenvalue weighted by atomic mass is 9.97. The summed E-state index contributed by atoms with van der Waals surface area (Å²) in [6.45, 7) is 1.18. The second-order valence-corrected chi connectivity index (χ2v) is 9.17. The van der Waals surface area contributed by atoms with Crippen LogP contribution in [0, 0.1) is 0 Å². The highest BCUT2D eigenvalue weighted by Crippen LogP contribution is 2.19. The van der Waals surface area contributed by atoms with E-state index in [4.69, 9.17) is 0 Å². The van der Waals surface area contributed by atoms with Gasteiger partial charge in [0.1, 0.15) is 5.82 Å². The van der Waals surface area contributed by atoms with Crippen molar-refractivity contribution in [3.63, 3.8) is 0 Å². The van der Waals surface area contributed by atoms with E-state index >= 15 is 0 Å². The molecule has 2 aromatic heterocycles. The summed E-state index contributed by atoms with van der Waals surface area (Å²) < 4.78 is 3.63. The van der Waals surface area contributed by atoms with Crippen molar-refractivity contribution in [3.05, 3.63) is 88.0 Å². The van der Waals surface area contributed by atoms with E-state index in [-0.39, 0.29) is 11.5 Å². The smallest absolute Gasteiger partial charge is 0.262 e. The number of fused-ring (bicyclic) bond motifs is 3. The van der Waals surface area contributed by atoms with Crippen LogP contribution in [0.3, 0.4) is 0 Å². The molecule has 0 fully saturated rings. The fourth-order valence-electron chi connectivity index (χ4n) is 4.87. The highest BCUT2D eigenvalue weighted by molar-refractivity contribution is 5.80. The summed E-state index contributed by atoms with van der Waals surface area (Å²) in [7, 11) is 0. The largest absolute Gasteiger partial charge is 0.356 e. The van der Waals surface area contributed by atoms with Crippen LogP contribution in [0.4, 0.5) is 0 Å². The van der Waals surface area contributed by atoms with Crippen molar-refractivity contribution >= 4 is 22.6 Å². The number of aryl methyl sites for hydroxylation is 3. The molecule has 7 heteroatoms. The molecule has 0 spiro atoms. The number of hydrogen-bond donors (Lipinski definition) is 1. The van der Waals surface area contributed by atoms with Gasteiger partial charge in [-0.2, -0.15) is 0 Å². The van der Waals surface area contributed by atoms with Crippen molar-refractivity contribution < 1.29 is 4.79 Å². The monoisotopic (exact) mass is 469 g/mol. The zero-order valence-electron chi connectivity index (χ0n) is 19.9. The number of hydrogen-bond acceptors (Lipinski definition) is 4. The first kappa shape index (κ1) is 23.0. The van der Waals surface area contributed by atoms with Crippen molar-refractivity contribution in [2.45, 2.75) is 57.9 Å². The van der Waals surface area contributed by atoms with Gasteiger partial charge in [0.2, 0.25) is 11.7 Å². The number of nitrogens with one attached hydrogen (secondary N) is 1. The lowest BCUT2D eigenvalue weighted by Crippen LogP contribution is -2.26. The molecule has 0 aliphatic heterocycles. The number of allylic oxidation sites excluding steroid dienone is 1. The van der Waals surface area contributed by atoms with Gasteiger partial charge in [0, 0.05) is 25.9 Å². The molecule has 180 valence electrons. The molecule has 1 aliphatic rings. The van der Waals surface area contributed by atoms with E-state index in [1.807, 2.05) is 46.9 Å². The zero-order chi connectivity index (χ0) is 24.0. The van der Waals surface area contributed by atoms with E-state index in [2.05, 4.69) is 33.7 Å². The number of amides is 1. The van der Waals surface area contributed by atoms with Crippen LogP contribution in [-0.2, 0) is 24.2 Å². The van der Waals surface area contributed by atoms with Gasteiger partial charge < -0.3 is 5.32 Å². The van der Waals surface area contributed by atoms with Crippen LogP contribution >= 0.6 is 0 Å². The van der Waals surface area contributed by atoms with E-state index in [1.54, 1.807) is 4.57 Å². The van der Waals surface area contributed by atoms with Gasteiger partial charge in [0.25, 0.3) is 5.56 Å². The number of carbonyl (C=O) groups is 1. The van der Waals surface area contributed by atoms with Gasteiger partial charge in [-0.15, -0.1) is 10.2 Å². The Kier molecular flexibility index (Phi) is 7.02. The van der Waals surface area contributed by atoms with Gasteiger partial charge in [0.05, 0.1) is 10.9 Å². The molecule has 0 bridgehead atoms. The molecule has 5 rings (SSSR count). The Morgan fingerprint density at radius 2 is 1.77 bits per heavy atom. The summed E-state index contributed by atoms with van der Waals surface area (Å²) in [6.07, 6.45) is 9.59. The summed E-state index contributed by atoms with van der Waals surface area (Å²) in [5.41, 5.74) is 3.32. The molecule has 0 atom stereocenters. The van der Waals surface area contributed by atoms with Crippen molar-refractivity contribution in [3.8, 4) is 0 Å². The summed E-state index contributed by atoms with van der Waals surface area (Å²) >= 11 is 0. The van der Waals surface area contributed by atoms with Crippen LogP contribution in [0.5, 0.6) is 0 Å². The second kappa shape index (κ2) is 10.7. The van der Waals surface area contributed by atoms with Crippen LogP contribution in [0.15, 0.2) is 71.0 Å². The van der Waals surface area contributed by atoms with Crippen LogP contribution in [-0.4, -0.2) is 31.6 Å². The van der Waals surface area contributed by atoms with Crippen LogP contribution in [0.25, 0.3) is 16.7 Å². The molecule has 0 saturated heterocycles.